The summed E-state index contributed by atoms with van der Waals surface area (Å²) in [7, 11) is 2.40. The van der Waals surface area contributed by atoms with Crippen molar-refractivity contribution < 1.29 is 4.48 Å². The van der Waals surface area contributed by atoms with Crippen LogP contribution < -0.4 is 0 Å². The Balaban J connectivity index is 2.25. The SMILES string of the molecule is CCC1C[N+](C)(CC(C)C)C1. The van der Waals surface area contributed by atoms with Crippen molar-refractivity contribution in [3.63, 3.8) is 0 Å². The highest BCUT2D eigenvalue weighted by atomic mass is 15.4. The molecule has 0 amide bonds. The molecule has 0 radical (unpaired) electrons. The first kappa shape index (κ1) is 9.05. The molecule has 1 aliphatic heterocycles. The van der Waals surface area contributed by atoms with E-state index in [9.17, 15) is 0 Å². The van der Waals surface area contributed by atoms with Gasteiger partial charge in [0.2, 0.25) is 0 Å². The van der Waals surface area contributed by atoms with Crippen LogP contribution in [0.15, 0.2) is 0 Å². The molecule has 1 fully saturated rings. The Morgan fingerprint density at radius 1 is 1.36 bits per heavy atom. The number of hydrogen-bond donors (Lipinski definition) is 0. The number of rotatable bonds is 3. The molecule has 1 aliphatic rings. The van der Waals surface area contributed by atoms with E-state index in [1.165, 1.54) is 30.5 Å². The summed E-state index contributed by atoms with van der Waals surface area (Å²) in [6.45, 7) is 11.2. The number of quaternary nitrogens is 1. The molecule has 1 saturated heterocycles. The first-order valence-corrected chi connectivity index (χ1v) is 4.89. The highest BCUT2D eigenvalue weighted by Gasteiger charge is 2.39. The predicted molar refractivity (Wildman–Crippen MR) is 49.4 cm³/mol. The van der Waals surface area contributed by atoms with Crippen molar-refractivity contribution in [2.45, 2.75) is 27.2 Å². The van der Waals surface area contributed by atoms with Crippen molar-refractivity contribution in [3.8, 4) is 0 Å². The van der Waals surface area contributed by atoms with E-state index < -0.39 is 0 Å². The average Bonchev–Trinajstić information content (AvgIpc) is 1.80. The quantitative estimate of drug-likeness (QED) is 0.549. The van der Waals surface area contributed by atoms with E-state index in [2.05, 4.69) is 27.8 Å². The molecule has 0 saturated carbocycles. The second kappa shape index (κ2) is 3.14. The molecule has 0 aliphatic carbocycles. The first-order chi connectivity index (χ1) is 5.06. The van der Waals surface area contributed by atoms with E-state index in [0.717, 1.165) is 11.8 Å². The van der Waals surface area contributed by atoms with Gasteiger partial charge in [-0.15, -0.1) is 0 Å². The number of nitrogens with zero attached hydrogens (tertiary/aromatic N) is 1. The van der Waals surface area contributed by atoms with Gasteiger partial charge in [0.15, 0.2) is 0 Å². The highest BCUT2D eigenvalue weighted by Crippen LogP contribution is 2.26. The van der Waals surface area contributed by atoms with Gasteiger partial charge in [-0.3, -0.25) is 0 Å². The average molecular weight is 156 g/mol. The molecule has 1 heterocycles. The van der Waals surface area contributed by atoms with Crippen LogP contribution in [0.3, 0.4) is 0 Å². The molecule has 0 aromatic heterocycles. The van der Waals surface area contributed by atoms with E-state index in [4.69, 9.17) is 0 Å². The smallest absolute Gasteiger partial charge is 0.0867 e. The Morgan fingerprint density at radius 2 is 1.91 bits per heavy atom. The van der Waals surface area contributed by atoms with Crippen LogP contribution in [-0.4, -0.2) is 31.2 Å². The molecule has 1 heteroatoms. The third kappa shape index (κ3) is 2.19. The minimum absolute atomic E-state index is 0.859. The van der Waals surface area contributed by atoms with Crippen LogP contribution in [0.4, 0.5) is 0 Å². The molecule has 0 aromatic rings. The molecule has 0 unspecified atom stereocenters. The Kier molecular flexibility index (Phi) is 2.58. The largest absolute Gasteiger partial charge is 0.325 e. The molecule has 0 spiro atoms. The summed E-state index contributed by atoms with van der Waals surface area (Å²) < 4.78 is 1.33. The van der Waals surface area contributed by atoms with Gasteiger partial charge in [0.1, 0.15) is 0 Å². The summed E-state index contributed by atoms with van der Waals surface area (Å²) >= 11 is 0. The maximum Gasteiger partial charge on any atom is 0.0867 e. The van der Waals surface area contributed by atoms with Crippen LogP contribution in [0.1, 0.15) is 27.2 Å². The zero-order valence-corrected chi connectivity index (χ0v) is 8.43. The summed E-state index contributed by atoms with van der Waals surface area (Å²) in [4.78, 5) is 0. The molecule has 0 N–H and O–H groups in total. The standard InChI is InChI=1S/C10H22N/c1-5-10-7-11(4,8-10)6-9(2)3/h9-10H,5-8H2,1-4H3/q+1. The maximum atomic E-state index is 2.40. The van der Waals surface area contributed by atoms with Gasteiger partial charge in [-0.05, 0) is 6.42 Å². The molecule has 0 atom stereocenters. The zero-order valence-electron chi connectivity index (χ0n) is 8.43. The van der Waals surface area contributed by atoms with Crippen LogP contribution in [-0.2, 0) is 0 Å². The van der Waals surface area contributed by atoms with Crippen LogP contribution in [0.2, 0.25) is 0 Å². The van der Waals surface area contributed by atoms with Gasteiger partial charge in [0.25, 0.3) is 0 Å². The Hall–Kier alpha value is -0.0400. The molecule has 0 aromatic carbocycles. The second-order valence-corrected chi connectivity index (χ2v) is 4.84. The summed E-state index contributed by atoms with van der Waals surface area (Å²) in [6, 6.07) is 0. The fourth-order valence-electron chi connectivity index (χ4n) is 2.48. The van der Waals surface area contributed by atoms with Crippen molar-refractivity contribution in [3.05, 3.63) is 0 Å². The highest BCUT2D eigenvalue weighted by molar-refractivity contribution is 4.66. The lowest BCUT2D eigenvalue weighted by molar-refractivity contribution is -0.959. The van der Waals surface area contributed by atoms with E-state index >= 15 is 0 Å². The lowest BCUT2D eigenvalue weighted by Crippen LogP contribution is -2.61. The van der Waals surface area contributed by atoms with Gasteiger partial charge in [-0.25, -0.2) is 0 Å². The van der Waals surface area contributed by atoms with Gasteiger partial charge in [-0.2, -0.15) is 0 Å². The van der Waals surface area contributed by atoms with E-state index in [1.54, 1.807) is 0 Å². The maximum absolute atomic E-state index is 2.40. The lowest BCUT2D eigenvalue weighted by atomic mass is 9.93. The van der Waals surface area contributed by atoms with E-state index in [0.29, 0.717) is 0 Å². The molecule has 0 bridgehead atoms. The topological polar surface area (TPSA) is 0 Å². The van der Waals surface area contributed by atoms with Crippen molar-refractivity contribution >= 4 is 0 Å². The van der Waals surface area contributed by atoms with Crippen LogP contribution in [0.5, 0.6) is 0 Å². The van der Waals surface area contributed by atoms with Crippen molar-refractivity contribution in [1.29, 1.82) is 0 Å². The Bertz CT molecular complexity index is 123. The van der Waals surface area contributed by atoms with E-state index in [1.807, 2.05) is 0 Å². The molecular weight excluding hydrogens is 134 g/mol. The van der Waals surface area contributed by atoms with Gasteiger partial charge in [-0.1, -0.05) is 20.8 Å². The normalized spacial score (nSPS) is 37.4. The number of hydrogen-bond acceptors (Lipinski definition) is 0. The van der Waals surface area contributed by atoms with Crippen LogP contribution in [0, 0.1) is 11.8 Å². The first-order valence-electron chi connectivity index (χ1n) is 4.89. The monoisotopic (exact) mass is 156 g/mol. The molecule has 66 valence electrons. The van der Waals surface area contributed by atoms with Gasteiger partial charge in [0.05, 0.1) is 32.6 Å². The Morgan fingerprint density at radius 3 is 2.27 bits per heavy atom. The van der Waals surface area contributed by atoms with Crippen molar-refractivity contribution in [2.24, 2.45) is 11.8 Å². The third-order valence-electron chi connectivity index (χ3n) is 2.78. The fourth-order valence-corrected chi connectivity index (χ4v) is 2.48. The minimum Gasteiger partial charge on any atom is -0.325 e. The molecule has 11 heavy (non-hydrogen) atoms. The molecular formula is C10H22N+. The van der Waals surface area contributed by atoms with E-state index in [-0.39, 0.29) is 0 Å². The summed E-state index contributed by atoms with van der Waals surface area (Å²) in [6.07, 6.45) is 1.38. The van der Waals surface area contributed by atoms with Crippen LogP contribution >= 0.6 is 0 Å². The summed E-state index contributed by atoms with van der Waals surface area (Å²) in [5.74, 6) is 1.89. The van der Waals surface area contributed by atoms with Gasteiger partial charge < -0.3 is 4.48 Å². The Labute approximate surface area is 71.0 Å². The van der Waals surface area contributed by atoms with Crippen molar-refractivity contribution in [2.75, 3.05) is 26.7 Å². The zero-order chi connectivity index (χ0) is 8.48. The van der Waals surface area contributed by atoms with Gasteiger partial charge in [0, 0.05) is 5.92 Å². The molecule has 1 rings (SSSR count). The van der Waals surface area contributed by atoms with Crippen LogP contribution in [0.25, 0.3) is 0 Å². The lowest BCUT2D eigenvalue weighted by Gasteiger charge is -2.48. The minimum atomic E-state index is 0.859. The molecule has 1 nitrogen and oxygen atoms in total. The van der Waals surface area contributed by atoms with Crippen molar-refractivity contribution in [1.82, 2.24) is 0 Å². The third-order valence-corrected chi connectivity index (χ3v) is 2.78. The van der Waals surface area contributed by atoms with Gasteiger partial charge >= 0.3 is 0 Å². The summed E-state index contributed by atoms with van der Waals surface area (Å²) in [5.41, 5.74) is 0. The predicted octanol–water partition coefficient (Wildman–Crippen LogP) is 2.13. The number of likely N-dealkylation sites (tertiary alicyclic amines) is 1. The fraction of sp³-hybridized carbons (Fsp3) is 1.00. The second-order valence-electron chi connectivity index (χ2n) is 4.84. The summed E-state index contributed by atoms with van der Waals surface area (Å²) in [5, 5.41) is 0.